The Morgan fingerprint density at radius 3 is 2.72 bits per heavy atom. The first-order chi connectivity index (χ1) is 17.2. The highest BCUT2D eigenvalue weighted by molar-refractivity contribution is 6.04. The van der Waals surface area contributed by atoms with E-state index < -0.39 is 34.7 Å². The molecule has 7 rings (SSSR count). The number of ether oxygens (including phenoxy) is 1. The number of piperidine rings is 1. The molecular weight excluding hydrogens is 470 g/mol. The highest BCUT2D eigenvalue weighted by Gasteiger charge is 2.73. The topological polar surface area (TPSA) is 102 Å². The zero-order valence-electron chi connectivity index (χ0n) is 19.4. The Balaban J connectivity index is 1.34. The fourth-order valence-electron chi connectivity index (χ4n) is 7.15. The van der Waals surface area contributed by atoms with Crippen molar-refractivity contribution in [2.75, 3.05) is 18.4 Å². The molecule has 188 valence electrons. The van der Waals surface area contributed by atoms with Gasteiger partial charge in [0.2, 0.25) is 0 Å². The van der Waals surface area contributed by atoms with Crippen molar-refractivity contribution >= 4 is 11.6 Å². The van der Waals surface area contributed by atoms with E-state index in [1.165, 1.54) is 6.07 Å². The number of aliphatic hydroxyl groups excluding tert-OH is 1. The molecule has 0 radical (unpaired) electrons. The molecule has 36 heavy (non-hydrogen) atoms. The third kappa shape index (κ3) is 2.75. The van der Waals surface area contributed by atoms with Crippen molar-refractivity contribution in [3.05, 3.63) is 64.4 Å². The second-order valence-corrected chi connectivity index (χ2v) is 10.9. The molecule has 7 nitrogen and oxygen atoms in total. The Kier molecular flexibility index (Phi) is 4.41. The quantitative estimate of drug-likeness (QED) is 0.518. The van der Waals surface area contributed by atoms with Crippen LogP contribution < -0.4 is 10.1 Å². The van der Waals surface area contributed by atoms with Crippen LogP contribution in [0.4, 0.5) is 14.5 Å². The summed E-state index contributed by atoms with van der Waals surface area (Å²) in [6.07, 6.45) is 2.18. The molecule has 2 fully saturated rings. The number of anilines is 1. The second kappa shape index (κ2) is 7.20. The number of phenolic OH excluding ortho intramolecular Hbond substituents is 1. The van der Waals surface area contributed by atoms with Gasteiger partial charge < -0.3 is 25.4 Å². The van der Waals surface area contributed by atoms with E-state index in [0.717, 1.165) is 42.6 Å². The van der Waals surface area contributed by atoms with E-state index in [2.05, 4.69) is 10.2 Å². The molecule has 4 atom stereocenters. The zero-order chi connectivity index (χ0) is 25.0. The first-order valence-corrected chi connectivity index (χ1v) is 12.4. The molecule has 4 N–H and O–H groups in total. The van der Waals surface area contributed by atoms with Gasteiger partial charge in [0.05, 0.1) is 16.6 Å². The molecule has 2 heterocycles. The zero-order valence-corrected chi connectivity index (χ0v) is 19.4. The number of nitrogens with zero attached hydrogens (tertiary/aromatic N) is 1. The fraction of sp³-hybridized carbons (Fsp3) is 0.444. The van der Waals surface area contributed by atoms with Crippen LogP contribution in [0.3, 0.4) is 0 Å². The molecule has 1 spiro atoms. The minimum Gasteiger partial charge on any atom is -0.508 e. The van der Waals surface area contributed by atoms with Gasteiger partial charge >= 0.3 is 0 Å². The van der Waals surface area contributed by atoms with Crippen molar-refractivity contribution in [1.29, 1.82) is 0 Å². The minimum absolute atomic E-state index is 0.0289. The van der Waals surface area contributed by atoms with E-state index in [0.29, 0.717) is 25.3 Å². The lowest BCUT2D eigenvalue weighted by atomic mass is 9.49. The number of rotatable bonds is 4. The van der Waals surface area contributed by atoms with Gasteiger partial charge in [-0.3, -0.25) is 9.69 Å². The van der Waals surface area contributed by atoms with E-state index in [1.807, 2.05) is 6.07 Å². The number of carbonyl (C=O) groups is 1. The molecule has 2 aromatic carbocycles. The van der Waals surface area contributed by atoms with Crippen LogP contribution in [0.15, 0.2) is 41.7 Å². The summed E-state index contributed by atoms with van der Waals surface area (Å²) in [4.78, 5) is 15.6. The van der Waals surface area contributed by atoms with Crippen LogP contribution >= 0.6 is 0 Å². The fourth-order valence-corrected chi connectivity index (χ4v) is 7.15. The minimum atomic E-state index is -1.44. The summed E-state index contributed by atoms with van der Waals surface area (Å²) in [6, 6.07) is 6.13. The van der Waals surface area contributed by atoms with E-state index >= 15 is 0 Å². The summed E-state index contributed by atoms with van der Waals surface area (Å²) in [5.41, 5.74) is -0.774. The molecule has 2 aromatic rings. The van der Waals surface area contributed by atoms with E-state index in [4.69, 9.17) is 4.74 Å². The van der Waals surface area contributed by atoms with Gasteiger partial charge in [-0.2, -0.15) is 0 Å². The number of carbonyl (C=O) groups excluding carboxylic acids is 1. The molecule has 3 aliphatic carbocycles. The van der Waals surface area contributed by atoms with Crippen molar-refractivity contribution in [3.63, 3.8) is 0 Å². The lowest BCUT2D eigenvalue weighted by molar-refractivity contribution is -0.172. The van der Waals surface area contributed by atoms with Crippen molar-refractivity contribution in [3.8, 4) is 11.5 Å². The largest absolute Gasteiger partial charge is 0.508 e. The summed E-state index contributed by atoms with van der Waals surface area (Å²) in [6.45, 7) is 1.57. The highest BCUT2D eigenvalue weighted by atomic mass is 19.2. The Morgan fingerprint density at radius 1 is 1.17 bits per heavy atom. The van der Waals surface area contributed by atoms with Crippen LogP contribution in [0.1, 0.15) is 36.8 Å². The maximum absolute atomic E-state index is 13.7. The number of nitrogens with one attached hydrogen (secondary N) is 1. The van der Waals surface area contributed by atoms with Crippen LogP contribution in [0.2, 0.25) is 0 Å². The number of likely N-dealkylation sites (tertiary alicyclic amines) is 1. The van der Waals surface area contributed by atoms with Gasteiger partial charge in [-0.1, -0.05) is 6.07 Å². The van der Waals surface area contributed by atoms with Crippen molar-refractivity contribution in [2.45, 2.75) is 55.3 Å². The van der Waals surface area contributed by atoms with E-state index in [1.54, 1.807) is 6.07 Å². The Hall–Kier alpha value is -3.17. The van der Waals surface area contributed by atoms with Gasteiger partial charge in [0.1, 0.15) is 5.76 Å². The molecule has 1 saturated carbocycles. The van der Waals surface area contributed by atoms with Crippen LogP contribution in [-0.4, -0.2) is 57.0 Å². The SMILES string of the molecule is O=C(Nc1ccc(F)c(F)c1)C1=C(O)[C@@H]2Oc3c(O)ccc4c3[C@@]23CCN(CC2CC2)[C@H](C4)[C@]3(O)C1. The first-order valence-electron chi connectivity index (χ1n) is 12.4. The standard InChI is InChI=1S/C27H26F2N2O5/c28-17-5-4-15(10-18(17)29)30-25(34)16-11-27(35)20-9-14-3-6-19(32)23-21(14)26(27,24(36-23)22(16)33)7-8-31(20)12-13-1-2-13/h3-6,10,13,20,24,32-33,35H,1-2,7-9,11-12H2,(H,30,34)/t20-,24+,26+,27-/m1/s1. The Labute approximate surface area is 206 Å². The predicted molar refractivity (Wildman–Crippen MR) is 125 cm³/mol. The first kappa shape index (κ1) is 22.1. The lowest BCUT2D eigenvalue weighted by Crippen LogP contribution is -2.75. The van der Waals surface area contributed by atoms with Crippen molar-refractivity contribution < 1.29 is 33.6 Å². The van der Waals surface area contributed by atoms with Crippen LogP contribution in [0, 0.1) is 17.6 Å². The van der Waals surface area contributed by atoms with Gasteiger partial charge in [-0.15, -0.1) is 0 Å². The predicted octanol–water partition coefficient (Wildman–Crippen LogP) is 3.30. The number of phenols is 1. The van der Waals surface area contributed by atoms with Gasteiger partial charge in [-0.05, 0) is 61.9 Å². The number of aliphatic hydroxyl groups is 2. The molecular formula is C27H26F2N2O5. The van der Waals surface area contributed by atoms with Crippen molar-refractivity contribution in [2.24, 2.45) is 5.92 Å². The molecule has 9 heteroatoms. The van der Waals surface area contributed by atoms with Crippen LogP contribution in [0.25, 0.3) is 0 Å². The second-order valence-electron chi connectivity index (χ2n) is 10.9. The van der Waals surface area contributed by atoms with E-state index in [-0.39, 0.29) is 41.0 Å². The lowest BCUT2D eigenvalue weighted by Gasteiger charge is -2.62. The summed E-state index contributed by atoms with van der Waals surface area (Å²) in [5, 5.41) is 37.1. The van der Waals surface area contributed by atoms with Crippen LogP contribution in [0.5, 0.6) is 11.5 Å². The molecule has 0 unspecified atom stereocenters. The van der Waals surface area contributed by atoms with Crippen LogP contribution in [-0.2, 0) is 16.6 Å². The van der Waals surface area contributed by atoms with Crippen molar-refractivity contribution in [1.82, 2.24) is 4.90 Å². The molecule has 0 aromatic heterocycles. The third-order valence-electron chi connectivity index (χ3n) is 8.97. The normalized spacial score (nSPS) is 32.2. The van der Waals surface area contributed by atoms with Gasteiger partial charge in [0.25, 0.3) is 5.91 Å². The summed E-state index contributed by atoms with van der Waals surface area (Å²) >= 11 is 0. The van der Waals surface area contributed by atoms with Gasteiger partial charge in [0, 0.05) is 36.3 Å². The maximum atomic E-state index is 13.7. The molecule has 2 bridgehead atoms. The van der Waals surface area contributed by atoms with Gasteiger partial charge in [-0.25, -0.2) is 8.78 Å². The number of amides is 1. The van der Waals surface area contributed by atoms with E-state index in [9.17, 15) is 28.9 Å². The summed E-state index contributed by atoms with van der Waals surface area (Å²) in [7, 11) is 0. The number of hydrogen-bond donors (Lipinski definition) is 4. The number of aromatic hydroxyl groups is 1. The molecule has 2 aliphatic heterocycles. The number of hydrogen-bond acceptors (Lipinski definition) is 6. The average molecular weight is 497 g/mol. The Morgan fingerprint density at radius 2 is 1.97 bits per heavy atom. The monoisotopic (exact) mass is 496 g/mol. The summed E-state index contributed by atoms with van der Waals surface area (Å²) in [5.74, 6) is -2.40. The average Bonchev–Trinajstić information content (AvgIpc) is 3.58. The number of benzene rings is 2. The third-order valence-corrected chi connectivity index (χ3v) is 8.97. The smallest absolute Gasteiger partial charge is 0.255 e. The summed E-state index contributed by atoms with van der Waals surface area (Å²) < 4.78 is 33.2. The number of halogens is 2. The maximum Gasteiger partial charge on any atom is 0.255 e. The highest BCUT2D eigenvalue weighted by Crippen LogP contribution is 2.66. The molecule has 1 amide bonds. The molecule has 1 saturated heterocycles. The van der Waals surface area contributed by atoms with Gasteiger partial charge in [0.15, 0.2) is 29.2 Å². The Bertz CT molecular complexity index is 1360. The molecule has 5 aliphatic rings.